The van der Waals surface area contributed by atoms with Gasteiger partial charge in [-0.15, -0.1) is 0 Å². The van der Waals surface area contributed by atoms with Gasteiger partial charge in [0.25, 0.3) is 0 Å². The first-order valence-corrected chi connectivity index (χ1v) is 3.83. The molecule has 0 saturated carbocycles. The highest BCUT2D eigenvalue weighted by Crippen LogP contribution is 2.11. The summed E-state index contributed by atoms with van der Waals surface area (Å²) in [6.45, 7) is 13.4. The zero-order valence-electron chi connectivity index (χ0n) is 8.10. The van der Waals surface area contributed by atoms with Crippen LogP contribution in [0.5, 0.6) is 0 Å². The van der Waals surface area contributed by atoms with Gasteiger partial charge in [0.15, 0.2) is 0 Å². The average Bonchev–Trinajstić information content (AvgIpc) is 1.80. The molecule has 0 heterocycles. The van der Waals surface area contributed by atoms with Gasteiger partial charge in [-0.1, -0.05) is 6.58 Å². The van der Waals surface area contributed by atoms with Crippen LogP contribution in [0, 0.1) is 0 Å². The highest BCUT2D eigenvalue weighted by Gasteiger charge is 2.14. The molecule has 0 bridgehead atoms. The van der Waals surface area contributed by atoms with Gasteiger partial charge in [-0.05, 0) is 40.2 Å². The van der Waals surface area contributed by atoms with Crippen molar-refractivity contribution in [2.75, 3.05) is 0 Å². The molecule has 0 spiro atoms. The van der Waals surface area contributed by atoms with Crippen LogP contribution < -0.4 is 0 Å². The lowest BCUT2D eigenvalue weighted by molar-refractivity contribution is -0.363. The number of hydrogen-bond acceptors (Lipinski definition) is 2. The minimum Gasteiger partial charge on any atom is -0.230 e. The van der Waals surface area contributed by atoms with E-state index in [1.54, 1.807) is 0 Å². The van der Waals surface area contributed by atoms with E-state index in [0.717, 1.165) is 5.57 Å². The summed E-state index contributed by atoms with van der Waals surface area (Å²) in [6.07, 6.45) is -0.0331. The van der Waals surface area contributed by atoms with Crippen molar-refractivity contribution in [3.05, 3.63) is 12.2 Å². The fourth-order valence-electron chi connectivity index (χ4n) is 0.299. The summed E-state index contributed by atoms with van der Waals surface area (Å²) in [5, 5.41) is 0. The smallest absolute Gasteiger partial charge is 0.111 e. The van der Waals surface area contributed by atoms with E-state index >= 15 is 0 Å². The van der Waals surface area contributed by atoms with Crippen LogP contribution in [-0.4, -0.2) is 11.7 Å². The normalized spacial score (nSPS) is 14.6. The summed E-state index contributed by atoms with van der Waals surface area (Å²) < 4.78 is 0. The fourth-order valence-corrected chi connectivity index (χ4v) is 0.299. The van der Waals surface area contributed by atoms with Crippen LogP contribution >= 0.6 is 0 Å². The lowest BCUT2D eigenvalue weighted by atomic mass is 10.2. The van der Waals surface area contributed by atoms with E-state index in [-0.39, 0.29) is 11.7 Å². The summed E-state index contributed by atoms with van der Waals surface area (Å²) in [5.41, 5.74) is 0.721. The molecule has 0 rings (SSSR count). The summed E-state index contributed by atoms with van der Waals surface area (Å²) >= 11 is 0. The Kier molecular flexibility index (Phi) is 3.76. The first kappa shape index (κ1) is 10.7. The fraction of sp³-hybridized carbons (Fsp3) is 0.778. The van der Waals surface area contributed by atoms with E-state index < -0.39 is 0 Å². The molecule has 0 aliphatic heterocycles. The summed E-state index contributed by atoms with van der Waals surface area (Å²) in [6, 6.07) is 0. The highest BCUT2D eigenvalue weighted by atomic mass is 17.2. The predicted molar refractivity (Wildman–Crippen MR) is 46.2 cm³/mol. The molecule has 1 atom stereocenters. The third-order valence-electron chi connectivity index (χ3n) is 1.14. The van der Waals surface area contributed by atoms with E-state index in [9.17, 15) is 0 Å². The molecule has 0 fully saturated rings. The molecular formula is C9H18O2. The summed E-state index contributed by atoms with van der Waals surface area (Å²) in [4.78, 5) is 10.2. The molecule has 1 unspecified atom stereocenters. The molecule has 0 aromatic heterocycles. The lowest BCUT2D eigenvalue weighted by Gasteiger charge is -2.20. The van der Waals surface area contributed by atoms with Gasteiger partial charge in [-0.25, -0.2) is 9.78 Å². The Morgan fingerprint density at radius 1 is 1.36 bits per heavy atom. The SMILES string of the molecule is C=C(C)C(C)OOC(C)(C)C. The third-order valence-corrected chi connectivity index (χ3v) is 1.14. The van der Waals surface area contributed by atoms with Crippen molar-refractivity contribution >= 4 is 0 Å². The second kappa shape index (κ2) is 3.88. The second-order valence-corrected chi connectivity index (χ2v) is 3.78. The largest absolute Gasteiger partial charge is 0.230 e. The van der Waals surface area contributed by atoms with Crippen molar-refractivity contribution in [1.82, 2.24) is 0 Å². The molecule has 0 aromatic carbocycles. The van der Waals surface area contributed by atoms with Gasteiger partial charge in [0.1, 0.15) is 6.10 Å². The van der Waals surface area contributed by atoms with Crippen molar-refractivity contribution < 1.29 is 9.78 Å². The molecule has 0 aliphatic rings. The molecule has 0 radical (unpaired) electrons. The zero-order chi connectivity index (χ0) is 9.07. The number of rotatable bonds is 3. The van der Waals surface area contributed by atoms with Crippen molar-refractivity contribution in [2.45, 2.75) is 46.3 Å². The lowest BCUT2D eigenvalue weighted by Crippen LogP contribution is -2.23. The maximum atomic E-state index is 5.09. The van der Waals surface area contributed by atoms with Crippen LogP contribution in [0.2, 0.25) is 0 Å². The standard InChI is InChI=1S/C9H18O2/c1-7(2)8(3)10-11-9(4,5)6/h8H,1H2,2-6H3. The molecule has 2 nitrogen and oxygen atoms in total. The van der Waals surface area contributed by atoms with E-state index in [4.69, 9.17) is 9.78 Å². The first-order chi connectivity index (χ1) is 4.83. The van der Waals surface area contributed by atoms with E-state index in [1.165, 1.54) is 0 Å². The average molecular weight is 158 g/mol. The Labute approximate surface area is 69.1 Å². The highest BCUT2D eigenvalue weighted by molar-refractivity contribution is 4.94. The monoisotopic (exact) mass is 158 g/mol. The van der Waals surface area contributed by atoms with E-state index in [0.29, 0.717) is 0 Å². The van der Waals surface area contributed by atoms with E-state index in [1.807, 2.05) is 34.6 Å². The Balaban J connectivity index is 3.63. The number of hydrogen-bond donors (Lipinski definition) is 0. The Morgan fingerprint density at radius 2 is 1.82 bits per heavy atom. The second-order valence-electron chi connectivity index (χ2n) is 3.78. The van der Waals surface area contributed by atoms with Crippen LogP contribution in [0.4, 0.5) is 0 Å². The minimum absolute atomic E-state index is 0.0331. The van der Waals surface area contributed by atoms with Gasteiger partial charge in [0.05, 0.1) is 5.60 Å². The van der Waals surface area contributed by atoms with Crippen molar-refractivity contribution in [2.24, 2.45) is 0 Å². The van der Waals surface area contributed by atoms with Gasteiger partial charge in [0.2, 0.25) is 0 Å². The summed E-state index contributed by atoms with van der Waals surface area (Å²) in [5.74, 6) is 0. The van der Waals surface area contributed by atoms with E-state index in [2.05, 4.69) is 6.58 Å². The van der Waals surface area contributed by atoms with Gasteiger partial charge in [-0.3, -0.25) is 0 Å². The van der Waals surface area contributed by atoms with Crippen LogP contribution in [0.3, 0.4) is 0 Å². The minimum atomic E-state index is -0.246. The van der Waals surface area contributed by atoms with Crippen molar-refractivity contribution in [1.29, 1.82) is 0 Å². The first-order valence-electron chi connectivity index (χ1n) is 3.83. The van der Waals surface area contributed by atoms with Gasteiger partial charge >= 0.3 is 0 Å². The van der Waals surface area contributed by atoms with Gasteiger partial charge in [-0.2, -0.15) is 0 Å². The molecular weight excluding hydrogens is 140 g/mol. The maximum absolute atomic E-state index is 5.09. The van der Waals surface area contributed by atoms with Gasteiger partial charge in [0, 0.05) is 0 Å². The predicted octanol–water partition coefficient (Wildman–Crippen LogP) is 2.70. The van der Waals surface area contributed by atoms with Crippen LogP contribution in [-0.2, 0) is 9.78 Å². The molecule has 0 aromatic rings. The van der Waals surface area contributed by atoms with Crippen LogP contribution in [0.25, 0.3) is 0 Å². The Bertz CT molecular complexity index is 133. The molecule has 0 N–H and O–H groups in total. The quantitative estimate of drug-likeness (QED) is 0.357. The van der Waals surface area contributed by atoms with Crippen molar-refractivity contribution in [3.8, 4) is 0 Å². The molecule has 11 heavy (non-hydrogen) atoms. The third kappa shape index (κ3) is 6.07. The zero-order valence-corrected chi connectivity index (χ0v) is 8.10. The Hall–Kier alpha value is -0.340. The van der Waals surface area contributed by atoms with Crippen LogP contribution in [0.15, 0.2) is 12.2 Å². The molecule has 0 amide bonds. The molecule has 0 aliphatic carbocycles. The molecule has 66 valence electrons. The van der Waals surface area contributed by atoms with Gasteiger partial charge < -0.3 is 0 Å². The molecule has 2 heteroatoms. The molecule has 0 saturated heterocycles. The Morgan fingerprint density at radius 3 is 2.09 bits per heavy atom. The topological polar surface area (TPSA) is 18.5 Å². The van der Waals surface area contributed by atoms with Crippen molar-refractivity contribution in [3.63, 3.8) is 0 Å². The maximum Gasteiger partial charge on any atom is 0.111 e. The van der Waals surface area contributed by atoms with Crippen LogP contribution in [0.1, 0.15) is 34.6 Å². The summed E-state index contributed by atoms with van der Waals surface area (Å²) in [7, 11) is 0.